The molecule has 3 aliphatic heterocycles. The van der Waals surface area contributed by atoms with Crippen LogP contribution in [0.25, 0.3) is 0 Å². The van der Waals surface area contributed by atoms with Gasteiger partial charge in [0, 0.05) is 65.6 Å². The van der Waals surface area contributed by atoms with Crippen molar-refractivity contribution in [3.05, 3.63) is 161 Å². The molecule has 1 atom stereocenters. The minimum absolute atomic E-state index is 0.0734. The summed E-state index contributed by atoms with van der Waals surface area (Å²) in [6, 6.07) is 26.7. The van der Waals surface area contributed by atoms with Gasteiger partial charge in [0.25, 0.3) is 0 Å². The highest BCUT2D eigenvalue weighted by Gasteiger charge is 2.35. The van der Waals surface area contributed by atoms with Crippen LogP contribution in [0.4, 0.5) is 44.7 Å². The van der Waals surface area contributed by atoms with Gasteiger partial charge in [0.1, 0.15) is 34.6 Å². The molecule has 0 saturated heterocycles. The minimum atomic E-state index is -4.62. The Morgan fingerprint density at radius 1 is 0.525 bits per heavy atom. The van der Waals surface area contributed by atoms with Gasteiger partial charge in [-0.05, 0) is 115 Å². The summed E-state index contributed by atoms with van der Waals surface area (Å²) < 4.78 is 115. The van der Waals surface area contributed by atoms with E-state index in [2.05, 4.69) is 5.32 Å². The van der Waals surface area contributed by atoms with Crippen LogP contribution in [0, 0.1) is 36.0 Å². The largest absolute Gasteiger partial charge is 0.647 e. The zero-order valence-corrected chi connectivity index (χ0v) is 32.2. The van der Waals surface area contributed by atoms with Crippen molar-refractivity contribution >= 4 is 30.6 Å². The van der Waals surface area contributed by atoms with Crippen LogP contribution in [-0.2, 0) is 24.2 Å². The topological polar surface area (TPSA) is 85.0 Å². The standard InChI is InChI=1S/C43H34F5N4O6P/c1-26-14-30(2-8-36(26)44)51-21-28-16-34(6-12-42(28)54-24-51)57-59(53,56-33-5-11-41-27(15-33)20-50(23-49-41)31-3-9-37(45)39(47)18-31)58-35-7-13-43-29(17-35)22-52(25-55-43)32-4-10-38(46)40(48)19-32/h2-19,49H,20-25H2,1H3. The molecule has 1 N–H and O–H groups in total. The molecule has 10 nitrogen and oxygen atoms in total. The van der Waals surface area contributed by atoms with Gasteiger partial charge in [-0.25, -0.2) is 22.0 Å². The molecule has 0 aromatic heterocycles. The molecule has 16 heteroatoms. The average molecular weight is 829 g/mol. The normalized spacial score (nSPS) is 15.4. The number of anilines is 4. The van der Waals surface area contributed by atoms with Crippen LogP contribution in [0.1, 0.15) is 22.3 Å². The fraction of sp³-hybridized carbons (Fsp3) is 0.163. The average Bonchev–Trinajstić information content (AvgIpc) is 3.23. The molecule has 0 amide bonds. The Bertz CT molecular complexity index is 2370. The third-order valence-corrected chi connectivity index (χ3v) is 11.4. The molecule has 1 unspecified atom stereocenters. The summed E-state index contributed by atoms with van der Waals surface area (Å²) in [7, 11) is -4.62. The first-order valence-corrected chi connectivity index (χ1v) is 19.9. The van der Waals surface area contributed by atoms with Crippen molar-refractivity contribution in [2.24, 2.45) is 0 Å². The number of ether oxygens (including phenoxy) is 2. The summed E-state index contributed by atoms with van der Waals surface area (Å²) in [4.78, 5) is 5.40. The molecule has 0 saturated carbocycles. The highest BCUT2D eigenvalue weighted by Crippen LogP contribution is 2.51. The fourth-order valence-electron chi connectivity index (χ4n) is 7.07. The van der Waals surface area contributed by atoms with Crippen LogP contribution in [-0.4, -0.2) is 20.1 Å². The van der Waals surface area contributed by atoms with Crippen molar-refractivity contribution in [1.29, 1.82) is 0 Å². The van der Waals surface area contributed by atoms with E-state index in [0.29, 0.717) is 58.3 Å². The predicted molar refractivity (Wildman–Crippen MR) is 211 cm³/mol. The molecule has 0 fully saturated rings. The SMILES string of the molecule is Cc1cc(N2COc3ccc(OP(=O)(Oc4ccc5c(c4)CN(c4ccc(F)c(F)c4)CN5)Oc4ccc5c(c4)CN(c4ccc(F)c(F)c4)CO5)cc3C2)ccc1F. The molecular formula is C43H34F5N4O6P. The van der Waals surface area contributed by atoms with Crippen LogP contribution < -0.4 is 43.1 Å². The first kappa shape index (κ1) is 37.9. The molecule has 0 aliphatic carbocycles. The van der Waals surface area contributed by atoms with Gasteiger partial charge >= 0.3 is 7.82 Å². The second-order valence-corrected chi connectivity index (χ2v) is 15.6. The summed E-state index contributed by atoms with van der Waals surface area (Å²) in [5, 5.41) is 3.25. The molecular weight excluding hydrogens is 794 g/mol. The van der Waals surface area contributed by atoms with Crippen LogP contribution in [0.2, 0.25) is 0 Å². The number of benzene rings is 6. The number of nitrogens with one attached hydrogen (secondary N) is 1. The summed E-state index contributed by atoms with van der Waals surface area (Å²) in [5.41, 5.74) is 4.85. The van der Waals surface area contributed by atoms with Gasteiger partial charge < -0.3 is 43.1 Å². The van der Waals surface area contributed by atoms with Crippen molar-refractivity contribution in [3.8, 4) is 28.7 Å². The summed E-state index contributed by atoms with van der Waals surface area (Å²) in [6.07, 6.45) is 0. The lowest BCUT2D eigenvalue weighted by Crippen LogP contribution is -2.33. The van der Waals surface area contributed by atoms with Gasteiger partial charge in [-0.1, -0.05) is 0 Å². The molecule has 59 heavy (non-hydrogen) atoms. The quantitative estimate of drug-likeness (QED) is 0.112. The summed E-state index contributed by atoms with van der Waals surface area (Å²) in [6.45, 7) is 3.17. The van der Waals surface area contributed by atoms with E-state index >= 15 is 0 Å². The molecule has 9 rings (SSSR count). The zero-order chi connectivity index (χ0) is 40.8. The number of fused-ring (bicyclic) bond motifs is 3. The molecule has 6 aromatic carbocycles. The van der Waals surface area contributed by atoms with E-state index in [1.807, 2.05) is 4.90 Å². The minimum Gasteiger partial charge on any atom is -0.473 e. The van der Waals surface area contributed by atoms with E-state index < -0.39 is 31.1 Å². The Labute approximate surface area is 335 Å². The molecule has 0 spiro atoms. The number of halogens is 5. The van der Waals surface area contributed by atoms with Crippen LogP contribution in [0.5, 0.6) is 28.7 Å². The fourth-order valence-corrected chi connectivity index (χ4v) is 8.30. The number of phosphoric ester groups is 1. The predicted octanol–water partition coefficient (Wildman–Crippen LogP) is 10.4. The van der Waals surface area contributed by atoms with Gasteiger partial charge in [-0.3, -0.25) is 0 Å². The second-order valence-electron chi connectivity index (χ2n) is 14.2. The molecule has 3 aliphatic rings. The van der Waals surface area contributed by atoms with Gasteiger partial charge in [-0.15, -0.1) is 0 Å². The Morgan fingerprint density at radius 2 is 0.983 bits per heavy atom. The lowest BCUT2D eigenvalue weighted by molar-refractivity contribution is 0.283. The lowest BCUT2D eigenvalue weighted by Gasteiger charge is -2.32. The van der Waals surface area contributed by atoms with Gasteiger partial charge in [0.15, 0.2) is 36.7 Å². The van der Waals surface area contributed by atoms with Gasteiger partial charge in [-0.2, -0.15) is 4.57 Å². The maximum atomic E-state index is 14.9. The maximum Gasteiger partial charge on any atom is 0.647 e. The van der Waals surface area contributed by atoms with Crippen LogP contribution in [0.3, 0.4) is 0 Å². The van der Waals surface area contributed by atoms with E-state index in [9.17, 15) is 26.5 Å². The highest BCUT2D eigenvalue weighted by atomic mass is 31.2. The third kappa shape index (κ3) is 7.98. The maximum absolute atomic E-state index is 14.9. The summed E-state index contributed by atoms with van der Waals surface area (Å²) >= 11 is 0. The third-order valence-electron chi connectivity index (χ3n) is 10.1. The zero-order valence-electron chi connectivity index (χ0n) is 31.3. The number of phosphoric acid groups is 1. The van der Waals surface area contributed by atoms with Crippen molar-refractivity contribution in [2.45, 2.75) is 26.6 Å². The number of rotatable bonds is 9. The van der Waals surface area contributed by atoms with E-state index in [0.717, 1.165) is 35.6 Å². The second kappa shape index (κ2) is 15.3. The Kier molecular flexibility index (Phi) is 9.84. The molecule has 3 heterocycles. The Balaban J connectivity index is 1.01. The first-order valence-electron chi connectivity index (χ1n) is 18.4. The van der Waals surface area contributed by atoms with E-state index in [1.54, 1.807) is 83.5 Å². The van der Waals surface area contributed by atoms with Crippen molar-refractivity contribution < 1.29 is 49.6 Å². The van der Waals surface area contributed by atoms with E-state index in [4.69, 9.17) is 23.0 Å². The number of aryl methyl sites for hydroxylation is 1. The first-order chi connectivity index (χ1) is 28.4. The Morgan fingerprint density at radius 3 is 1.51 bits per heavy atom. The van der Waals surface area contributed by atoms with E-state index in [1.165, 1.54) is 18.2 Å². The van der Waals surface area contributed by atoms with Crippen LogP contribution >= 0.6 is 7.82 Å². The highest BCUT2D eigenvalue weighted by molar-refractivity contribution is 7.49. The molecule has 302 valence electrons. The van der Waals surface area contributed by atoms with Gasteiger partial charge in [0.2, 0.25) is 0 Å². The number of hydrogen-bond acceptors (Lipinski definition) is 10. The number of hydrogen-bond donors (Lipinski definition) is 1. The monoisotopic (exact) mass is 828 g/mol. The Hall–Kier alpha value is -6.60. The molecule has 0 bridgehead atoms. The summed E-state index contributed by atoms with van der Waals surface area (Å²) in [5.74, 6) is -2.75. The molecule has 6 aromatic rings. The van der Waals surface area contributed by atoms with Crippen LogP contribution in [0.15, 0.2) is 109 Å². The molecule has 0 radical (unpaired) electrons. The van der Waals surface area contributed by atoms with Crippen molar-refractivity contribution in [1.82, 2.24) is 0 Å². The lowest BCUT2D eigenvalue weighted by atomic mass is 10.1. The van der Waals surface area contributed by atoms with Gasteiger partial charge in [0.05, 0.1) is 6.67 Å². The van der Waals surface area contributed by atoms with E-state index in [-0.39, 0.29) is 49.6 Å². The van der Waals surface area contributed by atoms with Crippen molar-refractivity contribution in [3.63, 3.8) is 0 Å². The van der Waals surface area contributed by atoms with Crippen molar-refractivity contribution in [2.75, 3.05) is 40.1 Å². The smallest absolute Gasteiger partial charge is 0.473 e. The number of nitrogens with zero attached hydrogens (tertiary/aromatic N) is 3.